The number of ether oxygens (including phenoxy) is 1. The molecule has 0 saturated heterocycles. The average Bonchev–Trinajstić information content (AvgIpc) is 2.78. The summed E-state index contributed by atoms with van der Waals surface area (Å²) in [6, 6.07) is 0. The summed E-state index contributed by atoms with van der Waals surface area (Å²) in [6.45, 7) is 8.16. The molecule has 0 aromatic heterocycles. The zero-order valence-electron chi connectivity index (χ0n) is 18.1. The van der Waals surface area contributed by atoms with Gasteiger partial charge in [-0.3, -0.25) is 4.79 Å². The Hall–Kier alpha value is -0.730. The quantitative estimate of drug-likeness (QED) is 0.402. The lowest BCUT2D eigenvalue weighted by Crippen LogP contribution is -2.61. The van der Waals surface area contributed by atoms with Crippen molar-refractivity contribution >= 4 is 5.97 Å². The third-order valence-electron chi connectivity index (χ3n) is 9.55. The highest BCUT2D eigenvalue weighted by molar-refractivity contribution is 5.66. The maximum absolute atomic E-state index is 12.1. The molecular weight excluding hydrogens is 376 g/mol. The van der Waals surface area contributed by atoms with Crippen LogP contribution in [0.25, 0.3) is 0 Å². The van der Waals surface area contributed by atoms with E-state index in [9.17, 15) is 30.3 Å². The van der Waals surface area contributed by atoms with Crippen LogP contribution in [-0.4, -0.2) is 66.6 Å². The zero-order chi connectivity index (χ0) is 21.8. The number of carbonyl (C=O) groups excluding carboxylic acids is 1. The lowest BCUT2D eigenvalue weighted by atomic mass is 9.57. The predicted octanol–water partition coefficient (Wildman–Crippen LogP) is 0.739. The minimum atomic E-state index is -1.67. The van der Waals surface area contributed by atoms with Crippen molar-refractivity contribution in [1.29, 1.82) is 0 Å². The number of aliphatic hydroxyl groups excluding tert-OH is 2. The molecule has 4 aliphatic carbocycles. The summed E-state index contributed by atoms with van der Waals surface area (Å²) < 4.78 is 5.67. The highest BCUT2D eigenvalue weighted by Gasteiger charge is 2.77. The molecule has 7 heteroatoms. The topological polar surface area (TPSA) is 127 Å². The summed E-state index contributed by atoms with van der Waals surface area (Å²) >= 11 is 0. The molecule has 4 fully saturated rings. The summed E-state index contributed by atoms with van der Waals surface area (Å²) in [6.07, 6.45) is -0.972. The number of rotatable bonds is 1. The molecule has 2 unspecified atom stereocenters. The van der Waals surface area contributed by atoms with Gasteiger partial charge >= 0.3 is 5.97 Å². The summed E-state index contributed by atoms with van der Waals surface area (Å²) in [5.74, 6) is -2.00. The number of fused-ring (bicyclic) bond motifs is 2. The van der Waals surface area contributed by atoms with Crippen LogP contribution in [0.4, 0.5) is 0 Å². The van der Waals surface area contributed by atoms with Crippen LogP contribution in [0.2, 0.25) is 0 Å². The molecule has 1 spiro atoms. The molecule has 0 radical (unpaired) electrons. The molecule has 0 amide bonds. The van der Waals surface area contributed by atoms with Crippen LogP contribution >= 0.6 is 0 Å². The molecule has 2 bridgehead atoms. The maximum Gasteiger partial charge on any atom is 0.303 e. The fraction of sp³-hybridized carbons (Fsp3) is 0.955. The van der Waals surface area contributed by atoms with Crippen LogP contribution in [0.5, 0.6) is 0 Å². The monoisotopic (exact) mass is 412 g/mol. The third kappa shape index (κ3) is 2.45. The van der Waals surface area contributed by atoms with Crippen LogP contribution in [0, 0.1) is 28.6 Å². The van der Waals surface area contributed by atoms with Gasteiger partial charge < -0.3 is 30.3 Å². The van der Waals surface area contributed by atoms with E-state index >= 15 is 0 Å². The average molecular weight is 413 g/mol. The Labute approximate surface area is 172 Å². The van der Waals surface area contributed by atoms with Gasteiger partial charge in [0.15, 0.2) is 0 Å². The largest absolute Gasteiger partial charge is 0.459 e. The van der Waals surface area contributed by atoms with Crippen LogP contribution < -0.4 is 0 Å². The molecule has 7 nitrogen and oxygen atoms in total. The Morgan fingerprint density at radius 2 is 1.62 bits per heavy atom. The smallest absolute Gasteiger partial charge is 0.303 e. The van der Waals surface area contributed by atoms with E-state index in [-0.39, 0.29) is 25.2 Å². The first-order chi connectivity index (χ1) is 13.1. The molecular formula is C22H36O7. The first-order valence-corrected chi connectivity index (χ1v) is 10.8. The molecule has 29 heavy (non-hydrogen) atoms. The molecule has 0 aromatic rings. The molecule has 0 aromatic carbocycles. The minimum Gasteiger partial charge on any atom is -0.459 e. The van der Waals surface area contributed by atoms with Gasteiger partial charge in [-0.25, -0.2) is 0 Å². The van der Waals surface area contributed by atoms with E-state index in [0.717, 1.165) is 0 Å². The van der Waals surface area contributed by atoms with Gasteiger partial charge in [0.05, 0.1) is 23.4 Å². The van der Waals surface area contributed by atoms with Gasteiger partial charge in [0.1, 0.15) is 11.7 Å². The first kappa shape index (κ1) is 21.5. The third-order valence-corrected chi connectivity index (χ3v) is 9.55. The first-order valence-electron chi connectivity index (χ1n) is 10.8. The fourth-order valence-corrected chi connectivity index (χ4v) is 8.10. The summed E-state index contributed by atoms with van der Waals surface area (Å²) in [5.41, 5.74) is -6.08. The van der Waals surface area contributed by atoms with Crippen LogP contribution in [0.15, 0.2) is 0 Å². The van der Waals surface area contributed by atoms with Gasteiger partial charge in [0.25, 0.3) is 0 Å². The number of aliphatic hydroxyl groups is 5. The second kappa shape index (κ2) is 5.94. The van der Waals surface area contributed by atoms with E-state index < -0.39 is 63.8 Å². The predicted molar refractivity (Wildman–Crippen MR) is 104 cm³/mol. The number of carbonyl (C=O) groups is 1. The Bertz CT molecular complexity index is 716. The number of hydrogen-bond acceptors (Lipinski definition) is 7. The van der Waals surface area contributed by atoms with Crippen LogP contribution in [-0.2, 0) is 9.53 Å². The minimum absolute atomic E-state index is 0.143. The zero-order valence-corrected chi connectivity index (χ0v) is 18.1. The second-order valence-corrected chi connectivity index (χ2v) is 11.3. The fourth-order valence-electron chi connectivity index (χ4n) is 8.10. The number of esters is 1. The summed E-state index contributed by atoms with van der Waals surface area (Å²) in [7, 11) is 0. The maximum atomic E-state index is 12.1. The van der Waals surface area contributed by atoms with E-state index in [0.29, 0.717) is 12.8 Å². The summed E-state index contributed by atoms with van der Waals surface area (Å²) in [4.78, 5) is 12.0. The molecule has 166 valence electrons. The Morgan fingerprint density at radius 1 is 1.00 bits per heavy atom. The van der Waals surface area contributed by atoms with Crippen molar-refractivity contribution in [2.24, 2.45) is 28.6 Å². The van der Waals surface area contributed by atoms with Gasteiger partial charge in [-0.15, -0.1) is 0 Å². The molecule has 5 N–H and O–H groups in total. The van der Waals surface area contributed by atoms with Gasteiger partial charge in [-0.2, -0.15) is 0 Å². The van der Waals surface area contributed by atoms with Gasteiger partial charge in [0.2, 0.25) is 0 Å². The normalized spacial score (nSPS) is 58.3. The van der Waals surface area contributed by atoms with Crippen molar-refractivity contribution in [1.82, 2.24) is 0 Å². The van der Waals surface area contributed by atoms with Crippen molar-refractivity contribution in [2.75, 3.05) is 0 Å². The van der Waals surface area contributed by atoms with Crippen molar-refractivity contribution in [3.8, 4) is 0 Å². The standard InChI is InChI=1S/C22H36O7/c1-11(23)29-16-9-21-10-19(4,26)12(17(21)25)6-7-13(21)20(5,27)14-8-15(24)18(2,3)22(14,16)28/h12-17,24-28H,6-10H2,1-5H3/t12?,13-,14-,15-,16+,17-,19+,20+,21?,22-/m0/s1. The van der Waals surface area contributed by atoms with E-state index in [2.05, 4.69) is 0 Å². The Kier molecular flexibility index (Phi) is 4.41. The van der Waals surface area contributed by atoms with Gasteiger partial charge in [-0.05, 0) is 51.9 Å². The van der Waals surface area contributed by atoms with E-state index in [4.69, 9.17) is 4.74 Å². The molecule has 4 aliphatic rings. The molecule has 0 aliphatic heterocycles. The van der Waals surface area contributed by atoms with Crippen molar-refractivity contribution in [3.05, 3.63) is 0 Å². The van der Waals surface area contributed by atoms with E-state index in [1.165, 1.54) is 6.92 Å². The van der Waals surface area contributed by atoms with Crippen molar-refractivity contribution in [2.45, 2.75) is 102 Å². The Morgan fingerprint density at radius 3 is 2.21 bits per heavy atom. The lowest BCUT2D eigenvalue weighted by molar-refractivity contribution is -0.213. The van der Waals surface area contributed by atoms with Crippen LogP contribution in [0.3, 0.4) is 0 Å². The van der Waals surface area contributed by atoms with E-state index in [1.807, 2.05) is 0 Å². The van der Waals surface area contributed by atoms with Crippen molar-refractivity contribution in [3.63, 3.8) is 0 Å². The van der Waals surface area contributed by atoms with Crippen LogP contribution in [0.1, 0.15) is 66.7 Å². The lowest BCUT2D eigenvalue weighted by Gasteiger charge is -2.51. The molecule has 10 atom stereocenters. The molecule has 4 saturated carbocycles. The molecule has 0 heterocycles. The number of hydrogen-bond donors (Lipinski definition) is 5. The van der Waals surface area contributed by atoms with Gasteiger partial charge in [-0.1, -0.05) is 13.8 Å². The van der Waals surface area contributed by atoms with Crippen molar-refractivity contribution < 1.29 is 35.1 Å². The van der Waals surface area contributed by atoms with Gasteiger partial charge in [0, 0.05) is 29.6 Å². The summed E-state index contributed by atoms with van der Waals surface area (Å²) in [5, 5.41) is 57.1. The second-order valence-electron chi connectivity index (χ2n) is 11.3. The SMILES string of the molecule is CC(=O)O[C@@H]1CC23C[C@@](C)(O)C(CC[C@H]2[C@@](C)(O)[C@@H]2C[C@H](O)C(C)(C)[C@@]12O)[C@@H]3O. The highest BCUT2D eigenvalue weighted by Crippen LogP contribution is 2.70. The van der Waals surface area contributed by atoms with E-state index in [1.54, 1.807) is 27.7 Å². The highest BCUT2D eigenvalue weighted by atomic mass is 16.6. The Balaban J connectivity index is 1.93. The molecule has 4 rings (SSSR count).